The van der Waals surface area contributed by atoms with Crippen LogP contribution in [0.2, 0.25) is 0 Å². The van der Waals surface area contributed by atoms with Crippen molar-refractivity contribution in [2.24, 2.45) is 0 Å². The van der Waals surface area contributed by atoms with E-state index in [4.69, 9.17) is 26.5 Å². The van der Waals surface area contributed by atoms with Crippen LogP contribution in [-0.4, -0.2) is 32.8 Å². The van der Waals surface area contributed by atoms with Crippen LogP contribution < -0.4 is 4.74 Å². The topological polar surface area (TPSA) is 80.0 Å². The zero-order valence-corrected chi connectivity index (χ0v) is 15.2. The van der Waals surface area contributed by atoms with E-state index in [1.165, 1.54) is 16.7 Å². The summed E-state index contributed by atoms with van der Waals surface area (Å²) in [4.78, 5) is 25.1. The van der Waals surface area contributed by atoms with Crippen molar-refractivity contribution < 1.29 is 23.8 Å². The van der Waals surface area contributed by atoms with Gasteiger partial charge >= 0.3 is 5.97 Å². The van der Waals surface area contributed by atoms with Crippen LogP contribution in [0.5, 0.6) is 5.75 Å². The summed E-state index contributed by atoms with van der Waals surface area (Å²) >= 11 is 6.54. The van der Waals surface area contributed by atoms with Crippen LogP contribution in [0.15, 0.2) is 52.0 Å². The van der Waals surface area contributed by atoms with Crippen LogP contribution in [0, 0.1) is 0 Å². The van der Waals surface area contributed by atoms with E-state index in [-0.39, 0.29) is 18.9 Å². The third-order valence-corrected chi connectivity index (χ3v) is 4.91. The Bertz CT molecular complexity index is 843. The smallest absolute Gasteiger partial charge is 0.306 e. The average molecular weight is 389 g/mol. The van der Waals surface area contributed by atoms with Gasteiger partial charge in [-0.1, -0.05) is 36.1 Å². The van der Waals surface area contributed by atoms with E-state index < -0.39 is 5.97 Å². The number of rotatable bonds is 7. The highest BCUT2D eigenvalue weighted by Crippen LogP contribution is 2.33. The average Bonchev–Trinajstić information content (AvgIpc) is 3.21. The maximum Gasteiger partial charge on any atom is 0.306 e. The van der Waals surface area contributed by atoms with Gasteiger partial charge in [0, 0.05) is 0 Å². The fourth-order valence-electron chi connectivity index (χ4n) is 2.26. The minimum atomic E-state index is -0.904. The summed E-state index contributed by atoms with van der Waals surface area (Å²) in [5.41, 5.74) is 0.828. The monoisotopic (exact) mass is 389 g/mol. The zero-order valence-electron chi connectivity index (χ0n) is 13.6. The van der Waals surface area contributed by atoms with Gasteiger partial charge in [0.2, 0.25) is 0 Å². The zero-order chi connectivity index (χ0) is 18.5. The maximum absolute atomic E-state index is 12.5. The third kappa shape index (κ3) is 4.53. The minimum absolute atomic E-state index is 0.0557. The number of hydrogen-bond donors (Lipinski definition) is 1. The quantitative estimate of drug-likeness (QED) is 0.573. The van der Waals surface area contributed by atoms with Crippen molar-refractivity contribution >= 4 is 46.3 Å². The molecule has 1 N–H and O–H groups in total. The van der Waals surface area contributed by atoms with E-state index in [2.05, 4.69) is 0 Å². The van der Waals surface area contributed by atoms with Crippen molar-refractivity contribution in [3.63, 3.8) is 0 Å². The van der Waals surface area contributed by atoms with Crippen LogP contribution in [0.1, 0.15) is 17.7 Å². The molecule has 8 heteroatoms. The van der Waals surface area contributed by atoms with Crippen molar-refractivity contribution in [3.8, 4) is 5.75 Å². The standard InChI is InChI=1S/C18H15NO5S2/c20-16(21)7-9-24-13-5-3-12(4-6-13)10-15-17(22)19(18(25)26-15)11-14-2-1-8-23-14/h1-6,8,10H,7,9,11H2,(H,20,21)/b15-10+. The first kappa shape index (κ1) is 18.2. The molecule has 2 aromatic rings. The Balaban J connectivity index is 1.65. The van der Waals surface area contributed by atoms with Gasteiger partial charge in [-0.2, -0.15) is 0 Å². The predicted molar refractivity (Wildman–Crippen MR) is 102 cm³/mol. The van der Waals surface area contributed by atoms with E-state index in [1.807, 2.05) is 0 Å². The van der Waals surface area contributed by atoms with Crippen LogP contribution in [0.25, 0.3) is 6.08 Å². The molecule has 134 valence electrons. The predicted octanol–water partition coefficient (Wildman–Crippen LogP) is 3.53. The van der Waals surface area contributed by atoms with E-state index in [0.29, 0.717) is 27.3 Å². The summed E-state index contributed by atoms with van der Waals surface area (Å²) in [7, 11) is 0. The number of benzene rings is 1. The Kier molecular flexibility index (Phi) is 5.75. The Morgan fingerprint density at radius 2 is 2.08 bits per heavy atom. The van der Waals surface area contributed by atoms with Gasteiger partial charge in [-0.25, -0.2) is 0 Å². The van der Waals surface area contributed by atoms with Gasteiger partial charge in [-0.15, -0.1) is 0 Å². The summed E-state index contributed by atoms with van der Waals surface area (Å²) in [5.74, 6) is 0.190. The molecule has 1 aliphatic rings. The summed E-state index contributed by atoms with van der Waals surface area (Å²) in [6, 6.07) is 10.6. The lowest BCUT2D eigenvalue weighted by Gasteiger charge is -2.11. The first-order chi connectivity index (χ1) is 12.5. The first-order valence-electron chi connectivity index (χ1n) is 7.75. The highest BCUT2D eigenvalue weighted by atomic mass is 32.2. The third-order valence-electron chi connectivity index (χ3n) is 3.53. The molecule has 1 aromatic carbocycles. The molecule has 0 bridgehead atoms. The fraction of sp³-hybridized carbons (Fsp3) is 0.167. The number of aliphatic carboxylic acids is 1. The molecular weight excluding hydrogens is 374 g/mol. The van der Waals surface area contributed by atoms with E-state index in [9.17, 15) is 9.59 Å². The number of thioether (sulfide) groups is 1. The molecule has 6 nitrogen and oxygen atoms in total. The van der Waals surface area contributed by atoms with Crippen LogP contribution in [-0.2, 0) is 16.1 Å². The molecule has 1 fully saturated rings. The molecule has 1 aliphatic heterocycles. The lowest BCUT2D eigenvalue weighted by Crippen LogP contribution is -2.27. The minimum Gasteiger partial charge on any atom is -0.493 e. The number of carboxylic acid groups (broad SMARTS) is 1. The normalized spacial score (nSPS) is 15.7. The van der Waals surface area contributed by atoms with Gasteiger partial charge in [0.15, 0.2) is 0 Å². The molecule has 1 aromatic heterocycles. The Morgan fingerprint density at radius 3 is 2.73 bits per heavy atom. The molecule has 0 spiro atoms. The number of carbonyl (C=O) groups is 2. The summed E-state index contributed by atoms with van der Waals surface area (Å²) in [6.07, 6.45) is 3.27. The Labute approximate surface area is 159 Å². The Morgan fingerprint density at radius 1 is 1.31 bits per heavy atom. The lowest BCUT2D eigenvalue weighted by molar-refractivity contribution is -0.137. The van der Waals surface area contributed by atoms with Crippen LogP contribution in [0.4, 0.5) is 0 Å². The first-order valence-corrected chi connectivity index (χ1v) is 8.98. The SMILES string of the molecule is O=C(O)CCOc1ccc(/C=C2/SC(=S)N(Cc3ccco3)C2=O)cc1. The van der Waals surface area contributed by atoms with Gasteiger partial charge in [0.25, 0.3) is 5.91 Å². The maximum atomic E-state index is 12.5. The largest absolute Gasteiger partial charge is 0.493 e. The molecule has 26 heavy (non-hydrogen) atoms. The van der Waals surface area contributed by atoms with Gasteiger partial charge in [0.05, 0.1) is 30.7 Å². The molecule has 1 saturated heterocycles. The fourth-order valence-corrected chi connectivity index (χ4v) is 3.52. The summed E-state index contributed by atoms with van der Waals surface area (Å²) in [6.45, 7) is 0.422. The summed E-state index contributed by atoms with van der Waals surface area (Å²) in [5, 5.41) is 8.60. The molecule has 2 heterocycles. The van der Waals surface area contributed by atoms with Crippen molar-refractivity contribution in [1.29, 1.82) is 0 Å². The number of carbonyl (C=O) groups excluding carboxylic acids is 1. The van der Waals surface area contributed by atoms with Crippen molar-refractivity contribution in [1.82, 2.24) is 4.90 Å². The second kappa shape index (κ2) is 8.20. The lowest BCUT2D eigenvalue weighted by atomic mass is 10.2. The molecule has 3 rings (SSSR count). The van der Waals surface area contributed by atoms with Gasteiger partial charge in [-0.05, 0) is 35.9 Å². The molecule has 0 aliphatic carbocycles. The van der Waals surface area contributed by atoms with E-state index in [1.54, 1.807) is 48.7 Å². The Hall–Kier alpha value is -2.58. The summed E-state index contributed by atoms with van der Waals surface area (Å²) < 4.78 is 11.1. The van der Waals surface area contributed by atoms with E-state index in [0.717, 1.165) is 5.56 Å². The van der Waals surface area contributed by atoms with Gasteiger partial charge < -0.3 is 14.3 Å². The molecular formula is C18H15NO5S2. The van der Waals surface area contributed by atoms with Crippen molar-refractivity contribution in [3.05, 3.63) is 58.9 Å². The van der Waals surface area contributed by atoms with Gasteiger partial charge in [0.1, 0.15) is 15.8 Å². The number of hydrogen-bond acceptors (Lipinski definition) is 6. The molecule has 0 atom stereocenters. The van der Waals surface area contributed by atoms with Crippen molar-refractivity contribution in [2.75, 3.05) is 6.61 Å². The number of nitrogens with zero attached hydrogens (tertiary/aromatic N) is 1. The number of furan rings is 1. The molecule has 0 unspecified atom stereocenters. The van der Waals surface area contributed by atoms with Gasteiger partial charge in [-0.3, -0.25) is 14.5 Å². The second-order valence-corrected chi connectivity index (χ2v) is 7.08. The van der Waals surface area contributed by atoms with Crippen LogP contribution >= 0.6 is 24.0 Å². The highest BCUT2D eigenvalue weighted by molar-refractivity contribution is 8.26. The van der Waals surface area contributed by atoms with Crippen LogP contribution in [0.3, 0.4) is 0 Å². The number of carboxylic acids is 1. The molecule has 0 radical (unpaired) electrons. The number of amides is 1. The number of thiocarbonyl (C=S) groups is 1. The highest BCUT2D eigenvalue weighted by Gasteiger charge is 2.32. The molecule has 1 amide bonds. The molecule has 0 saturated carbocycles. The second-order valence-electron chi connectivity index (χ2n) is 5.41. The van der Waals surface area contributed by atoms with E-state index >= 15 is 0 Å². The number of ether oxygens (including phenoxy) is 1. The van der Waals surface area contributed by atoms with Crippen molar-refractivity contribution in [2.45, 2.75) is 13.0 Å².